The Morgan fingerprint density at radius 1 is 1.38 bits per heavy atom. The molecule has 1 N–H and O–H groups in total. The highest BCUT2D eigenvalue weighted by Crippen LogP contribution is 1.93. The molecule has 0 aromatic carbocycles. The van der Waals surface area contributed by atoms with Crippen LogP contribution in [0.15, 0.2) is 12.2 Å². The van der Waals surface area contributed by atoms with E-state index in [1.807, 2.05) is 0 Å². The fraction of sp³-hybridized carbons (Fsp3) is 0.556. The van der Waals surface area contributed by atoms with Crippen LogP contribution in [0.25, 0.3) is 0 Å². The summed E-state index contributed by atoms with van der Waals surface area (Å²) in [5.41, 5.74) is 0.236. The predicted octanol–water partition coefficient (Wildman–Crippen LogP) is 1.10. The van der Waals surface area contributed by atoms with Crippen LogP contribution in [0.5, 0.6) is 0 Å². The summed E-state index contributed by atoms with van der Waals surface area (Å²) in [5, 5.41) is 2.13. The molecular weight excluding hydrogens is 224 g/mol. The number of hydrogen-bond donors (Lipinski definition) is 1. The van der Waals surface area contributed by atoms with Crippen LogP contribution >= 0.6 is 0 Å². The molecule has 92 valence electrons. The lowest BCUT2D eigenvalue weighted by Crippen LogP contribution is -2.29. The molecule has 0 aliphatic heterocycles. The lowest BCUT2D eigenvalue weighted by Gasteiger charge is -2.07. The van der Waals surface area contributed by atoms with Crippen LogP contribution in [-0.2, 0) is 14.3 Å². The van der Waals surface area contributed by atoms with Gasteiger partial charge in [-0.15, -0.1) is 0 Å². The Hall–Kier alpha value is -1.66. The van der Waals surface area contributed by atoms with E-state index in [2.05, 4.69) is 21.4 Å². The van der Waals surface area contributed by atoms with Gasteiger partial charge in [0.05, 0.1) is 6.54 Å². The van der Waals surface area contributed by atoms with E-state index in [9.17, 15) is 18.4 Å². The van der Waals surface area contributed by atoms with E-state index in [1.54, 1.807) is 0 Å². The number of halogens is 2. The molecule has 0 unspecified atom stereocenters. The van der Waals surface area contributed by atoms with Crippen molar-refractivity contribution >= 4 is 12.1 Å². The topological polar surface area (TPSA) is 64.6 Å². The molecule has 0 aromatic rings. The van der Waals surface area contributed by atoms with Crippen molar-refractivity contribution in [3.05, 3.63) is 12.2 Å². The van der Waals surface area contributed by atoms with E-state index in [0.717, 1.165) is 0 Å². The molecule has 0 heterocycles. The number of amides is 1. The zero-order chi connectivity index (χ0) is 12.6. The number of hydrogen-bond acceptors (Lipinski definition) is 4. The summed E-state index contributed by atoms with van der Waals surface area (Å²) >= 11 is 0. The van der Waals surface area contributed by atoms with Crippen molar-refractivity contribution < 1.29 is 27.8 Å². The minimum atomic E-state index is -2.70. The third-order valence-electron chi connectivity index (χ3n) is 1.29. The number of esters is 1. The van der Waals surface area contributed by atoms with Gasteiger partial charge in [0.1, 0.15) is 6.61 Å². The van der Waals surface area contributed by atoms with Crippen LogP contribution in [0.4, 0.5) is 13.6 Å². The first-order valence-corrected chi connectivity index (χ1v) is 4.45. The Kier molecular flexibility index (Phi) is 6.82. The third-order valence-corrected chi connectivity index (χ3v) is 1.29. The Labute approximate surface area is 91.4 Å². The van der Waals surface area contributed by atoms with Gasteiger partial charge in [0.2, 0.25) is 0 Å². The molecule has 0 fully saturated rings. The fourth-order valence-electron chi connectivity index (χ4n) is 0.610. The summed E-state index contributed by atoms with van der Waals surface area (Å²) in [6.07, 6.45) is -3.68. The number of ether oxygens (including phenoxy) is 2. The van der Waals surface area contributed by atoms with Gasteiger partial charge in [0.15, 0.2) is 6.61 Å². The maximum atomic E-state index is 11.6. The maximum Gasteiger partial charge on any atom is 0.407 e. The minimum absolute atomic E-state index is 0.0128. The second-order valence-electron chi connectivity index (χ2n) is 2.83. The van der Waals surface area contributed by atoms with E-state index in [-0.39, 0.29) is 18.7 Å². The molecule has 0 rings (SSSR count). The number of alkyl halides is 2. The monoisotopic (exact) mass is 237 g/mol. The first-order valence-electron chi connectivity index (χ1n) is 4.45. The highest BCUT2D eigenvalue weighted by atomic mass is 19.3. The highest BCUT2D eigenvalue weighted by Gasteiger charge is 2.08. The van der Waals surface area contributed by atoms with E-state index in [0.29, 0.717) is 0 Å². The summed E-state index contributed by atoms with van der Waals surface area (Å²) in [6, 6.07) is 0. The molecule has 1 amide bonds. The van der Waals surface area contributed by atoms with E-state index < -0.39 is 25.1 Å². The van der Waals surface area contributed by atoms with Gasteiger partial charge in [-0.1, -0.05) is 6.58 Å². The zero-order valence-electron chi connectivity index (χ0n) is 8.79. The van der Waals surface area contributed by atoms with Gasteiger partial charge in [-0.25, -0.2) is 18.4 Å². The van der Waals surface area contributed by atoms with Crippen LogP contribution in [0.2, 0.25) is 0 Å². The molecule has 0 bridgehead atoms. The normalized spacial score (nSPS) is 9.75. The van der Waals surface area contributed by atoms with Crippen molar-refractivity contribution in [2.75, 3.05) is 19.8 Å². The second-order valence-corrected chi connectivity index (χ2v) is 2.83. The number of carbonyl (C=O) groups is 2. The molecule has 16 heavy (non-hydrogen) atoms. The molecule has 0 saturated carbocycles. The Morgan fingerprint density at radius 3 is 2.50 bits per heavy atom. The summed E-state index contributed by atoms with van der Waals surface area (Å²) in [7, 11) is 0. The average Bonchev–Trinajstić information content (AvgIpc) is 2.20. The Balaban J connectivity index is 3.48. The van der Waals surface area contributed by atoms with Crippen molar-refractivity contribution in [1.29, 1.82) is 0 Å². The van der Waals surface area contributed by atoms with Gasteiger partial charge in [0, 0.05) is 5.57 Å². The minimum Gasteiger partial charge on any atom is -0.460 e. The van der Waals surface area contributed by atoms with E-state index >= 15 is 0 Å². The van der Waals surface area contributed by atoms with E-state index in [4.69, 9.17) is 0 Å². The number of carbonyl (C=O) groups excluding carboxylic acids is 2. The summed E-state index contributed by atoms with van der Waals surface area (Å²) in [4.78, 5) is 21.5. The molecule has 5 nitrogen and oxygen atoms in total. The largest absolute Gasteiger partial charge is 0.460 e. The van der Waals surface area contributed by atoms with Crippen LogP contribution in [0.3, 0.4) is 0 Å². The van der Waals surface area contributed by atoms with Gasteiger partial charge in [-0.2, -0.15) is 0 Å². The molecule has 0 spiro atoms. The van der Waals surface area contributed by atoms with Crippen molar-refractivity contribution in [3.63, 3.8) is 0 Å². The smallest absolute Gasteiger partial charge is 0.407 e. The van der Waals surface area contributed by atoms with Crippen LogP contribution in [-0.4, -0.2) is 38.2 Å². The Morgan fingerprint density at radius 2 is 2.00 bits per heavy atom. The van der Waals surface area contributed by atoms with Gasteiger partial charge < -0.3 is 14.8 Å². The molecule has 0 aromatic heterocycles. The predicted molar refractivity (Wildman–Crippen MR) is 51.1 cm³/mol. The standard InChI is InChI=1S/C9H13F2NO4/c1-6(2)8(13)15-4-3-12-9(14)16-5-7(10)11/h7H,1,3-5H2,2H3,(H,12,14). The first-order chi connectivity index (χ1) is 7.43. The van der Waals surface area contributed by atoms with Gasteiger partial charge in [0.25, 0.3) is 6.43 Å². The zero-order valence-corrected chi connectivity index (χ0v) is 8.79. The molecule has 0 radical (unpaired) electrons. The molecule has 7 heteroatoms. The number of alkyl carbamates (subject to hydrolysis) is 1. The van der Waals surface area contributed by atoms with Gasteiger partial charge >= 0.3 is 12.1 Å². The molecule has 0 aliphatic carbocycles. The molecule has 0 atom stereocenters. The summed E-state index contributed by atoms with van der Waals surface area (Å²) in [6.45, 7) is 3.78. The Bertz CT molecular complexity index is 268. The summed E-state index contributed by atoms with van der Waals surface area (Å²) < 4.78 is 31.9. The van der Waals surface area contributed by atoms with Crippen LogP contribution in [0, 0.1) is 0 Å². The average molecular weight is 237 g/mol. The van der Waals surface area contributed by atoms with Crippen molar-refractivity contribution in [2.45, 2.75) is 13.3 Å². The van der Waals surface area contributed by atoms with Crippen molar-refractivity contribution in [3.8, 4) is 0 Å². The van der Waals surface area contributed by atoms with E-state index in [1.165, 1.54) is 6.92 Å². The van der Waals surface area contributed by atoms with Gasteiger partial charge in [-0.05, 0) is 6.92 Å². The van der Waals surface area contributed by atoms with Crippen LogP contribution in [0.1, 0.15) is 6.92 Å². The van der Waals surface area contributed by atoms with Crippen molar-refractivity contribution in [2.24, 2.45) is 0 Å². The lowest BCUT2D eigenvalue weighted by atomic mass is 10.4. The van der Waals surface area contributed by atoms with Crippen molar-refractivity contribution in [1.82, 2.24) is 5.32 Å². The quantitative estimate of drug-likeness (QED) is 0.427. The SMILES string of the molecule is C=C(C)C(=O)OCCNC(=O)OCC(F)F. The highest BCUT2D eigenvalue weighted by molar-refractivity contribution is 5.86. The fourth-order valence-corrected chi connectivity index (χ4v) is 0.610. The second kappa shape index (κ2) is 7.61. The van der Waals surface area contributed by atoms with Gasteiger partial charge in [-0.3, -0.25) is 0 Å². The number of nitrogens with one attached hydrogen (secondary N) is 1. The molecule has 0 aliphatic rings. The molecule has 0 saturated heterocycles. The first kappa shape index (κ1) is 14.3. The van der Waals surface area contributed by atoms with Crippen LogP contribution < -0.4 is 5.32 Å². The maximum absolute atomic E-state index is 11.6. The third kappa shape index (κ3) is 7.72. The summed E-state index contributed by atoms with van der Waals surface area (Å²) in [5.74, 6) is -0.581. The molecular formula is C9H13F2NO4. The lowest BCUT2D eigenvalue weighted by molar-refractivity contribution is -0.138. The number of rotatable bonds is 6.